The molecular formula is C24H25N5. The molecule has 29 heavy (non-hydrogen) atoms. The first-order chi connectivity index (χ1) is 14.2. The van der Waals surface area contributed by atoms with Crippen molar-refractivity contribution in [2.24, 2.45) is 7.05 Å². The molecule has 1 N–H and O–H groups in total. The Morgan fingerprint density at radius 2 is 1.48 bits per heavy atom. The molecule has 5 nitrogen and oxygen atoms in total. The number of hydrogen-bond donors (Lipinski definition) is 1. The summed E-state index contributed by atoms with van der Waals surface area (Å²) in [5.41, 5.74) is 4.58. The number of para-hydroxylation sites is 2. The molecule has 5 heteroatoms. The summed E-state index contributed by atoms with van der Waals surface area (Å²) in [6, 6.07) is 29.0. The van der Waals surface area contributed by atoms with E-state index in [1.807, 2.05) is 41.9 Å². The minimum absolute atomic E-state index is 0.604. The van der Waals surface area contributed by atoms with E-state index in [1.165, 1.54) is 5.56 Å². The summed E-state index contributed by atoms with van der Waals surface area (Å²) >= 11 is 0. The van der Waals surface area contributed by atoms with Crippen LogP contribution in [0.2, 0.25) is 0 Å². The molecular weight excluding hydrogens is 358 g/mol. The summed E-state index contributed by atoms with van der Waals surface area (Å²) in [5.74, 6) is 1.77. The maximum atomic E-state index is 4.39. The predicted molar refractivity (Wildman–Crippen MR) is 119 cm³/mol. The van der Waals surface area contributed by atoms with E-state index in [4.69, 9.17) is 0 Å². The van der Waals surface area contributed by atoms with Gasteiger partial charge in [0.15, 0.2) is 11.6 Å². The highest BCUT2D eigenvalue weighted by atomic mass is 15.3. The molecule has 0 aliphatic rings. The highest BCUT2D eigenvalue weighted by molar-refractivity contribution is 5.69. The zero-order valence-electron chi connectivity index (χ0n) is 16.8. The van der Waals surface area contributed by atoms with E-state index in [1.54, 1.807) is 0 Å². The number of hydrogen-bond acceptors (Lipinski definition) is 4. The van der Waals surface area contributed by atoms with Crippen LogP contribution >= 0.6 is 0 Å². The number of nitrogens with zero attached hydrogens (tertiary/aromatic N) is 4. The maximum Gasteiger partial charge on any atom is 0.163 e. The van der Waals surface area contributed by atoms with Gasteiger partial charge in [0.2, 0.25) is 0 Å². The van der Waals surface area contributed by atoms with E-state index >= 15 is 0 Å². The predicted octanol–water partition coefficient (Wildman–Crippen LogP) is 4.73. The monoisotopic (exact) mass is 383 g/mol. The van der Waals surface area contributed by atoms with Gasteiger partial charge in [0, 0.05) is 26.2 Å². The Hall–Kier alpha value is -3.60. The van der Waals surface area contributed by atoms with Gasteiger partial charge in [-0.15, -0.1) is 10.2 Å². The molecule has 4 rings (SSSR count). The summed E-state index contributed by atoms with van der Waals surface area (Å²) in [6.07, 6.45) is 0. The van der Waals surface area contributed by atoms with Crippen LogP contribution < -0.4 is 10.2 Å². The lowest BCUT2D eigenvalue weighted by atomic mass is 10.2. The Bertz CT molecular complexity index is 1060. The van der Waals surface area contributed by atoms with Crippen LogP contribution in [0.25, 0.3) is 11.4 Å². The maximum absolute atomic E-state index is 4.39. The van der Waals surface area contributed by atoms with Gasteiger partial charge in [-0.25, -0.2) is 0 Å². The van der Waals surface area contributed by atoms with Crippen LogP contribution in [-0.4, -0.2) is 21.8 Å². The number of anilines is 2. The summed E-state index contributed by atoms with van der Waals surface area (Å²) in [6.45, 7) is 1.45. The van der Waals surface area contributed by atoms with Gasteiger partial charge in [0.1, 0.15) is 0 Å². The minimum atomic E-state index is 0.604. The first kappa shape index (κ1) is 18.7. The summed E-state index contributed by atoms with van der Waals surface area (Å²) in [5, 5.41) is 12.3. The average Bonchev–Trinajstić information content (AvgIpc) is 3.14. The van der Waals surface area contributed by atoms with Crippen LogP contribution in [0.3, 0.4) is 0 Å². The van der Waals surface area contributed by atoms with Gasteiger partial charge in [-0.2, -0.15) is 0 Å². The van der Waals surface area contributed by atoms with E-state index in [2.05, 4.69) is 82.1 Å². The first-order valence-corrected chi connectivity index (χ1v) is 9.74. The molecule has 146 valence electrons. The second-order valence-corrected chi connectivity index (χ2v) is 7.08. The van der Waals surface area contributed by atoms with E-state index in [9.17, 15) is 0 Å². The smallest absolute Gasteiger partial charge is 0.163 e. The van der Waals surface area contributed by atoms with Gasteiger partial charge in [-0.1, -0.05) is 72.8 Å². The fourth-order valence-electron chi connectivity index (χ4n) is 3.43. The Labute approximate surface area is 171 Å². The van der Waals surface area contributed by atoms with Crippen molar-refractivity contribution in [2.45, 2.75) is 13.1 Å². The fraction of sp³-hybridized carbons (Fsp3) is 0.167. The molecule has 0 atom stereocenters. The van der Waals surface area contributed by atoms with Gasteiger partial charge < -0.3 is 14.8 Å². The first-order valence-electron chi connectivity index (χ1n) is 9.74. The van der Waals surface area contributed by atoms with Crippen LogP contribution in [0.15, 0.2) is 84.9 Å². The molecule has 0 bridgehead atoms. The van der Waals surface area contributed by atoms with Gasteiger partial charge in [-0.05, 0) is 17.7 Å². The number of aromatic nitrogens is 3. The third-order valence-corrected chi connectivity index (χ3v) is 5.01. The van der Waals surface area contributed by atoms with Crippen molar-refractivity contribution >= 4 is 11.4 Å². The second-order valence-electron chi connectivity index (χ2n) is 7.08. The van der Waals surface area contributed by atoms with Crippen molar-refractivity contribution in [3.63, 3.8) is 0 Å². The van der Waals surface area contributed by atoms with Gasteiger partial charge in [0.05, 0.1) is 17.9 Å². The van der Waals surface area contributed by atoms with E-state index < -0.39 is 0 Å². The molecule has 0 amide bonds. The lowest BCUT2D eigenvalue weighted by Crippen LogP contribution is -2.18. The molecule has 0 fully saturated rings. The summed E-state index contributed by atoms with van der Waals surface area (Å²) in [4.78, 5) is 2.25. The van der Waals surface area contributed by atoms with Crippen molar-refractivity contribution in [1.29, 1.82) is 0 Å². The SMILES string of the molecule is CN(Cc1ccccc1)c1ccccc1NCc1nnc(-c2ccccc2)n1C. The molecule has 4 aromatic rings. The van der Waals surface area contributed by atoms with Crippen molar-refractivity contribution in [1.82, 2.24) is 14.8 Å². The Balaban J connectivity index is 1.49. The third-order valence-electron chi connectivity index (χ3n) is 5.01. The van der Waals surface area contributed by atoms with E-state index in [0.29, 0.717) is 6.54 Å². The molecule has 0 aliphatic heterocycles. The van der Waals surface area contributed by atoms with Gasteiger partial charge in [-0.3, -0.25) is 0 Å². The zero-order valence-corrected chi connectivity index (χ0v) is 16.8. The summed E-state index contributed by atoms with van der Waals surface area (Å²) < 4.78 is 2.04. The average molecular weight is 383 g/mol. The van der Waals surface area contributed by atoms with Crippen molar-refractivity contribution < 1.29 is 0 Å². The summed E-state index contributed by atoms with van der Waals surface area (Å²) in [7, 11) is 4.12. The molecule has 0 radical (unpaired) electrons. The zero-order chi connectivity index (χ0) is 20.1. The Morgan fingerprint density at radius 1 is 0.828 bits per heavy atom. The molecule has 0 saturated carbocycles. The lowest BCUT2D eigenvalue weighted by molar-refractivity contribution is 0.816. The molecule has 1 heterocycles. The lowest BCUT2D eigenvalue weighted by Gasteiger charge is -2.23. The van der Waals surface area contributed by atoms with Gasteiger partial charge >= 0.3 is 0 Å². The van der Waals surface area contributed by atoms with Crippen LogP contribution in [0.1, 0.15) is 11.4 Å². The highest BCUT2D eigenvalue weighted by Gasteiger charge is 2.12. The standard InChI is InChI=1S/C24H25N5/c1-28(18-19-11-5-3-6-12-19)22-16-10-9-15-21(22)25-17-23-26-27-24(29(23)2)20-13-7-4-8-14-20/h3-16,25H,17-18H2,1-2H3. The number of nitrogens with one attached hydrogen (secondary N) is 1. The van der Waals surface area contributed by atoms with Crippen LogP contribution in [0, 0.1) is 0 Å². The minimum Gasteiger partial charge on any atom is -0.376 e. The van der Waals surface area contributed by atoms with E-state index in [-0.39, 0.29) is 0 Å². The van der Waals surface area contributed by atoms with Crippen LogP contribution in [0.5, 0.6) is 0 Å². The van der Waals surface area contributed by atoms with Crippen molar-refractivity contribution in [3.8, 4) is 11.4 Å². The molecule has 0 saturated heterocycles. The topological polar surface area (TPSA) is 46.0 Å². The largest absolute Gasteiger partial charge is 0.376 e. The molecule has 0 unspecified atom stereocenters. The normalized spacial score (nSPS) is 10.7. The van der Waals surface area contributed by atoms with Crippen LogP contribution in [0.4, 0.5) is 11.4 Å². The third kappa shape index (κ3) is 4.29. The Kier molecular flexibility index (Phi) is 5.56. The van der Waals surface area contributed by atoms with Gasteiger partial charge in [0.25, 0.3) is 0 Å². The van der Waals surface area contributed by atoms with Crippen molar-refractivity contribution in [3.05, 3.63) is 96.3 Å². The van der Waals surface area contributed by atoms with E-state index in [0.717, 1.165) is 35.1 Å². The molecule has 0 aliphatic carbocycles. The molecule has 3 aromatic carbocycles. The number of rotatable bonds is 7. The second kappa shape index (κ2) is 8.61. The van der Waals surface area contributed by atoms with Crippen LogP contribution in [-0.2, 0) is 20.1 Å². The highest BCUT2D eigenvalue weighted by Crippen LogP contribution is 2.26. The fourth-order valence-corrected chi connectivity index (χ4v) is 3.43. The van der Waals surface area contributed by atoms with Crippen molar-refractivity contribution in [2.75, 3.05) is 17.3 Å². The molecule has 1 aromatic heterocycles. The molecule has 0 spiro atoms. The number of benzene rings is 3. The Morgan fingerprint density at radius 3 is 2.24 bits per heavy atom. The quantitative estimate of drug-likeness (QED) is 0.501.